The number of amides is 2. The van der Waals surface area contributed by atoms with E-state index >= 15 is 0 Å². The van der Waals surface area contributed by atoms with Gasteiger partial charge in [0, 0.05) is 46.3 Å². The van der Waals surface area contributed by atoms with Crippen molar-refractivity contribution >= 4 is 41.8 Å². The van der Waals surface area contributed by atoms with Gasteiger partial charge in [-0.25, -0.2) is 0 Å². The van der Waals surface area contributed by atoms with Crippen LogP contribution in [0.5, 0.6) is 0 Å². The van der Waals surface area contributed by atoms with Crippen molar-refractivity contribution in [2.75, 3.05) is 34.2 Å². The Balaban J connectivity index is 0.00000341. The van der Waals surface area contributed by atoms with Gasteiger partial charge < -0.3 is 20.4 Å². The normalized spacial score (nSPS) is 13.0. The van der Waals surface area contributed by atoms with E-state index in [1.54, 1.807) is 26.0 Å². The van der Waals surface area contributed by atoms with Crippen molar-refractivity contribution in [3.63, 3.8) is 0 Å². The third-order valence-corrected chi connectivity index (χ3v) is 5.18. The smallest absolute Gasteiger partial charge is 0.253 e. The number of hydrogen-bond acceptors (Lipinski definition) is 3. The van der Waals surface area contributed by atoms with E-state index in [1.165, 1.54) is 11.1 Å². The number of hydrogen-bond donors (Lipinski definition) is 2. The molecule has 0 spiro atoms. The van der Waals surface area contributed by atoms with Gasteiger partial charge in [0.05, 0.1) is 6.54 Å². The summed E-state index contributed by atoms with van der Waals surface area (Å²) < 4.78 is 0. The lowest BCUT2D eigenvalue weighted by atomic mass is 10.00. The highest BCUT2D eigenvalue weighted by Crippen LogP contribution is 2.18. The van der Waals surface area contributed by atoms with E-state index in [0.29, 0.717) is 24.6 Å². The lowest BCUT2D eigenvalue weighted by Crippen LogP contribution is -2.45. The van der Waals surface area contributed by atoms with Crippen molar-refractivity contribution in [1.29, 1.82) is 0 Å². The summed E-state index contributed by atoms with van der Waals surface area (Å²) >= 11 is 0. The Morgan fingerprint density at radius 1 is 1.03 bits per heavy atom. The molecule has 0 bridgehead atoms. The van der Waals surface area contributed by atoms with Gasteiger partial charge in [0.2, 0.25) is 5.91 Å². The second kappa shape index (κ2) is 11.7. The molecule has 0 unspecified atom stereocenters. The van der Waals surface area contributed by atoms with E-state index in [0.717, 1.165) is 18.5 Å². The van der Waals surface area contributed by atoms with Crippen molar-refractivity contribution in [1.82, 2.24) is 20.4 Å². The fourth-order valence-corrected chi connectivity index (χ4v) is 3.41. The summed E-state index contributed by atoms with van der Waals surface area (Å²) in [6, 6.07) is 15.7. The number of guanidine groups is 1. The molecule has 2 N–H and O–H groups in total. The number of aliphatic imine (C=N–C) groups is 1. The molecule has 166 valence electrons. The summed E-state index contributed by atoms with van der Waals surface area (Å²) in [5, 5.41) is 6.30. The Morgan fingerprint density at radius 2 is 1.71 bits per heavy atom. The van der Waals surface area contributed by atoms with Crippen LogP contribution in [-0.2, 0) is 24.3 Å². The number of nitrogens with zero attached hydrogens (tertiary/aromatic N) is 3. The molecule has 0 radical (unpaired) electrons. The first-order valence-electron chi connectivity index (χ1n) is 10.1. The molecule has 0 aliphatic carbocycles. The summed E-state index contributed by atoms with van der Waals surface area (Å²) in [5.41, 5.74) is 4.22. The van der Waals surface area contributed by atoms with Gasteiger partial charge in [-0.1, -0.05) is 36.4 Å². The highest BCUT2D eigenvalue weighted by atomic mass is 127. The van der Waals surface area contributed by atoms with Gasteiger partial charge in [-0.3, -0.25) is 14.6 Å². The Labute approximate surface area is 200 Å². The number of nitrogens with one attached hydrogen (secondary N) is 2. The Bertz CT molecular complexity index is 928. The van der Waals surface area contributed by atoms with Gasteiger partial charge in [-0.2, -0.15) is 0 Å². The van der Waals surface area contributed by atoms with Crippen molar-refractivity contribution in [2.45, 2.75) is 19.5 Å². The topological polar surface area (TPSA) is 77.0 Å². The zero-order valence-corrected chi connectivity index (χ0v) is 20.6. The SMILES string of the molecule is CN=C(NCC(=O)N1CCc2ccccc2C1)NCc1ccc(C(=O)N(C)C)cc1.I. The van der Waals surface area contributed by atoms with Crippen LogP contribution in [0.1, 0.15) is 27.0 Å². The van der Waals surface area contributed by atoms with Gasteiger partial charge in [0.15, 0.2) is 5.96 Å². The maximum Gasteiger partial charge on any atom is 0.253 e. The predicted molar refractivity (Wildman–Crippen MR) is 134 cm³/mol. The largest absolute Gasteiger partial charge is 0.352 e. The van der Waals surface area contributed by atoms with Crippen LogP contribution in [0.25, 0.3) is 0 Å². The molecule has 1 aliphatic heterocycles. The average molecular weight is 535 g/mol. The minimum Gasteiger partial charge on any atom is -0.352 e. The van der Waals surface area contributed by atoms with Crippen LogP contribution in [0.2, 0.25) is 0 Å². The summed E-state index contributed by atoms with van der Waals surface area (Å²) in [6.45, 7) is 2.13. The molecular weight excluding hydrogens is 505 g/mol. The molecule has 0 saturated heterocycles. The standard InChI is InChI=1S/C23H29N5O2.HI/c1-24-23(25-14-17-8-10-19(11-9-17)22(30)27(2)3)26-15-21(29)28-13-12-18-6-4-5-7-20(18)16-28;/h4-11H,12-16H2,1-3H3,(H2,24,25,26);1H. The van der Waals surface area contributed by atoms with Crippen molar-refractivity contribution in [2.24, 2.45) is 4.99 Å². The summed E-state index contributed by atoms with van der Waals surface area (Å²) in [6.07, 6.45) is 0.890. The van der Waals surface area contributed by atoms with E-state index in [2.05, 4.69) is 27.8 Å². The van der Waals surface area contributed by atoms with Crippen LogP contribution >= 0.6 is 24.0 Å². The molecule has 0 saturated carbocycles. The van der Waals surface area contributed by atoms with Crippen LogP contribution < -0.4 is 10.6 Å². The van der Waals surface area contributed by atoms with Crippen molar-refractivity contribution < 1.29 is 9.59 Å². The van der Waals surface area contributed by atoms with Crippen LogP contribution in [-0.4, -0.2) is 61.8 Å². The summed E-state index contributed by atoms with van der Waals surface area (Å²) in [7, 11) is 5.14. The lowest BCUT2D eigenvalue weighted by molar-refractivity contribution is -0.130. The molecule has 7 nitrogen and oxygen atoms in total. The number of carbonyl (C=O) groups excluding carboxylic acids is 2. The number of halogens is 1. The van der Waals surface area contributed by atoms with Gasteiger partial charge in [-0.05, 0) is 35.2 Å². The Hall–Kier alpha value is -2.62. The quantitative estimate of drug-likeness (QED) is 0.350. The van der Waals surface area contributed by atoms with E-state index in [4.69, 9.17) is 0 Å². The van der Waals surface area contributed by atoms with Crippen LogP contribution in [0.4, 0.5) is 0 Å². The number of benzene rings is 2. The van der Waals surface area contributed by atoms with Gasteiger partial charge in [0.25, 0.3) is 5.91 Å². The predicted octanol–water partition coefficient (Wildman–Crippen LogP) is 2.26. The number of rotatable bonds is 5. The minimum absolute atomic E-state index is 0. The molecule has 0 atom stereocenters. The van der Waals surface area contributed by atoms with Crippen LogP contribution in [0.3, 0.4) is 0 Å². The third kappa shape index (κ3) is 6.68. The van der Waals surface area contributed by atoms with E-state index in [9.17, 15) is 9.59 Å². The zero-order chi connectivity index (χ0) is 21.5. The zero-order valence-electron chi connectivity index (χ0n) is 18.2. The molecule has 2 aromatic carbocycles. The molecule has 3 rings (SSSR count). The summed E-state index contributed by atoms with van der Waals surface area (Å²) in [5.74, 6) is 0.596. The highest BCUT2D eigenvalue weighted by molar-refractivity contribution is 14.0. The van der Waals surface area contributed by atoms with E-state index < -0.39 is 0 Å². The lowest BCUT2D eigenvalue weighted by Gasteiger charge is -2.29. The molecule has 2 amide bonds. The average Bonchev–Trinajstić information content (AvgIpc) is 2.78. The van der Waals surface area contributed by atoms with E-state index in [-0.39, 0.29) is 42.3 Å². The molecule has 0 aromatic heterocycles. The minimum atomic E-state index is -0.0224. The Morgan fingerprint density at radius 3 is 2.35 bits per heavy atom. The van der Waals surface area contributed by atoms with Crippen molar-refractivity contribution in [3.05, 3.63) is 70.8 Å². The number of carbonyl (C=O) groups is 2. The van der Waals surface area contributed by atoms with Gasteiger partial charge >= 0.3 is 0 Å². The molecule has 1 heterocycles. The monoisotopic (exact) mass is 535 g/mol. The first-order chi connectivity index (χ1) is 14.5. The molecule has 1 aliphatic rings. The molecule has 0 fully saturated rings. The fraction of sp³-hybridized carbons (Fsp3) is 0.348. The van der Waals surface area contributed by atoms with E-state index in [1.807, 2.05) is 41.3 Å². The first kappa shape index (κ1) is 24.6. The van der Waals surface area contributed by atoms with Gasteiger partial charge in [-0.15, -0.1) is 24.0 Å². The summed E-state index contributed by atoms with van der Waals surface area (Å²) in [4.78, 5) is 32.2. The molecule has 2 aromatic rings. The second-order valence-electron chi connectivity index (χ2n) is 7.51. The second-order valence-corrected chi connectivity index (χ2v) is 7.51. The Kier molecular flexibility index (Phi) is 9.29. The fourth-order valence-electron chi connectivity index (χ4n) is 3.41. The molecule has 8 heteroatoms. The first-order valence-corrected chi connectivity index (χ1v) is 10.1. The van der Waals surface area contributed by atoms with Crippen molar-refractivity contribution in [3.8, 4) is 0 Å². The third-order valence-electron chi connectivity index (χ3n) is 5.18. The van der Waals surface area contributed by atoms with Crippen LogP contribution in [0, 0.1) is 0 Å². The maximum absolute atomic E-state index is 12.6. The van der Waals surface area contributed by atoms with Crippen LogP contribution in [0.15, 0.2) is 53.5 Å². The number of fused-ring (bicyclic) bond motifs is 1. The molecule has 31 heavy (non-hydrogen) atoms. The highest BCUT2D eigenvalue weighted by Gasteiger charge is 2.20. The maximum atomic E-state index is 12.6. The van der Waals surface area contributed by atoms with Gasteiger partial charge in [0.1, 0.15) is 0 Å². The molecular formula is C23H30IN5O2.